The van der Waals surface area contributed by atoms with Crippen LogP contribution in [-0.2, 0) is 28.6 Å². The molecule has 0 aliphatic rings. The summed E-state index contributed by atoms with van der Waals surface area (Å²) in [4.78, 5) is 38.3. The normalized spacial score (nSPS) is 12.4. The van der Waals surface area contributed by atoms with Crippen molar-refractivity contribution in [2.24, 2.45) is 0 Å². The summed E-state index contributed by atoms with van der Waals surface area (Å²) in [6.07, 6.45) is 76.4. The van der Waals surface area contributed by atoms with E-state index in [1.807, 2.05) is 0 Å². The van der Waals surface area contributed by atoms with E-state index in [9.17, 15) is 14.4 Å². The van der Waals surface area contributed by atoms with Crippen LogP contribution in [0, 0.1) is 0 Å². The highest BCUT2D eigenvalue weighted by Crippen LogP contribution is 2.16. The largest absolute Gasteiger partial charge is 0.462 e. The molecule has 0 spiro atoms. The lowest BCUT2D eigenvalue weighted by molar-refractivity contribution is -0.167. The number of esters is 3. The lowest BCUT2D eigenvalue weighted by Gasteiger charge is -2.18. The van der Waals surface area contributed by atoms with Gasteiger partial charge in [0.25, 0.3) is 0 Å². The van der Waals surface area contributed by atoms with Crippen LogP contribution in [0.25, 0.3) is 0 Å². The Labute approximate surface area is 447 Å². The summed E-state index contributed by atoms with van der Waals surface area (Å²) in [5, 5.41) is 0. The summed E-state index contributed by atoms with van der Waals surface area (Å²) >= 11 is 0. The maximum atomic E-state index is 12.9. The van der Waals surface area contributed by atoms with Gasteiger partial charge in [0.15, 0.2) is 6.10 Å². The zero-order valence-electron chi connectivity index (χ0n) is 47.9. The van der Waals surface area contributed by atoms with Crippen molar-refractivity contribution in [3.05, 3.63) is 60.8 Å². The fourth-order valence-corrected chi connectivity index (χ4v) is 9.04. The van der Waals surface area contributed by atoms with E-state index in [1.165, 1.54) is 193 Å². The van der Waals surface area contributed by atoms with Gasteiger partial charge in [-0.2, -0.15) is 0 Å². The van der Waals surface area contributed by atoms with Crippen molar-refractivity contribution in [3.63, 3.8) is 0 Å². The molecular weight excluding hydrogens is 889 g/mol. The molecular formula is C66H118O6. The second-order valence-corrected chi connectivity index (χ2v) is 20.9. The van der Waals surface area contributed by atoms with Crippen molar-refractivity contribution in [1.29, 1.82) is 0 Å². The van der Waals surface area contributed by atoms with E-state index in [4.69, 9.17) is 14.2 Å². The van der Waals surface area contributed by atoms with Gasteiger partial charge < -0.3 is 14.2 Å². The minimum absolute atomic E-state index is 0.0797. The maximum absolute atomic E-state index is 12.9. The average Bonchev–Trinajstić information content (AvgIpc) is 3.38. The van der Waals surface area contributed by atoms with Crippen LogP contribution in [0.5, 0.6) is 0 Å². The molecule has 0 aliphatic heterocycles. The molecule has 1 atom stereocenters. The Morgan fingerprint density at radius 1 is 0.292 bits per heavy atom. The number of allylic oxidation sites excluding steroid dienone is 10. The monoisotopic (exact) mass is 1010 g/mol. The summed E-state index contributed by atoms with van der Waals surface area (Å²) in [6, 6.07) is 0. The Morgan fingerprint density at radius 2 is 0.542 bits per heavy atom. The second kappa shape index (κ2) is 60.7. The third kappa shape index (κ3) is 58.0. The fraction of sp³-hybridized carbons (Fsp3) is 0.803. The highest BCUT2D eigenvalue weighted by Gasteiger charge is 2.19. The molecule has 418 valence electrons. The topological polar surface area (TPSA) is 78.9 Å². The molecule has 0 aromatic rings. The Kier molecular flexibility index (Phi) is 58.2. The first kappa shape index (κ1) is 69.1. The average molecular weight is 1010 g/mol. The van der Waals surface area contributed by atoms with E-state index in [2.05, 4.69) is 81.5 Å². The van der Waals surface area contributed by atoms with Gasteiger partial charge in [0.05, 0.1) is 0 Å². The first-order valence-electron chi connectivity index (χ1n) is 31.3. The van der Waals surface area contributed by atoms with Gasteiger partial charge in [-0.3, -0.25) is 14.4 Å². The predicted molar refractivity (Wildman–Crippen MR) is 312 cm³/mol. The standard InChI is InChI=1S/C66H118O6/c1-4-7-10-13-16-19-22-25-28-31-33-36-38-41-44-47-50-53-56-59-65(68)71-62-63(61-70-64(67)58-55-52-49-46-43-40-37-34-30-27-24-21-18-15-12-9-6-3)72-66(69)60-57-54-51-48-45-42-39-35-32-29-26-23-20-17-14-11-8-5-2/h7,10,16,19,25,27-28,30,35,39,63H,4-6,8-9,11-15,17-18,20-24,26,29,31-34,36-38,40-62H2,1-3H3/b10-7-,19-16-,28-25-,30-27-,39-35-. The van der Waals surface area contributed by atoms with Crippen molar-refractivity contribution in [2.45, 2.75) is 329 Å². The van der Waals surface area contributed by atoms with Crippen molar-refractivity contribution in [1.82, 2.24) is 0 Å². The molecule has 72 heavy (non-hydrogen) atoms. The van der Waals surface area contributed by atoms with E-state index in [-0.39, 0.29) is 31.1 Å². The van der Waals surface area contributed by atoms with E-state index < -0.39 is 6.10 Å². The molecule has 0 heterocycles. The summed E-state index contributed by atoms with van der Waals surface area (Å²) in [6.45, 7) is 6.55. The van der Waals surface area contributed by atoms with Crippen LogP contribution in [0.3, 0.4) is 0 Å². The van der Waals surface area contributed by atoms with Gasteiger partial charge in [-0.1, -0.05) is 261 Å². The minimum Gasteiger partial charge on any atom is -0.462 e. The Hall–Kier alpha value is -2.89. The van der Waals surface area contributed by atoms with Gasteiger partial charge in [0, 0.05) is 19.3 Å². The van der Waals surface area contributed by atoms with Gasteiger partial charge in [-0.25, -0.2) is 0 Å². The Bertz CT molecular complexity index is 1290. The zero-order chi connectivity index (χ0) is 52.2. The van der Waals surface area contributed by atoms with Crippen LogP contribution < -0.4 is 0 Å². The molecule has 0 bridgehead atoms. The summed E-state index contributed by atoms with van der Waals surface area (Å²) < 4.78 is 16.9. The van der Waals surface area contributed by atoms with Gasteiger partial charge in [0.2, 0.25) is 0 Å². The van der Waals surface area contributed by atoms with Crippen molar-refractivity contribution in [3.8, 4) is 0 Å². The van der Waals surface area contributed by atoms with Crippen molar-refractivity contribution in [2.75, 3.05) is 13.2 Å². The molecule has 0 radical (unpaired) electrons. The third-order valence-electron chi connectivity index (χ3n) is 13.7. The molecule has 0 aliphatic carbocycles. The van der Waals surface area contributed by atoms with E-state index in [0.717, 1.165) is 89.9 Å². The summed E-state index contributed by atoms with van der Waals surface area (Å²) in [5.41, 5.74) is 0. The van der Waals surface area contributed by atoms with Crippen LogP contribution in [0.1, 0.15) is 323 Å². The highest BCUT2D eigenvalue weighted by molar-refractivity contribution is 5.71. The summed E-state index contributed by atoms with van der Waals surface area (Å²) in [7, 11) is 0. The number of carbonyl (C=O) groups excluding carboxylic acids is 3. The number of rotatable bonds is 57. The van der Waals surface area contributed by atoms with Crippen molar-refractivity contribution >= 4 is 17.9 Å². The number of hydrogen-bond donors (Lipinski definition) is 0. The third-order valence-corrected chi connectivity index (χ3v) is 13.7. The van der Waals surface area contributed by atoms with Crippen LogP contribution in [-0.4, -0.2) is 37.2 Å². The van der Waals surface area contributed by atoms with Gasteiger partial charge in [-0.05, 0) is 103 Å². The minimum atomic E-state index is -0.783. The van der Waals surface area contributed by atoms with Crippen molar-refractivity contribution < 1.29 is 28.6 Å². The van der Waals surface area contributed by atoms with Gasteiger partial charge >= 0.3 is 17.9 Å². The summed E-state index contributed by atoms with van der Waals surface area (Å²) in [5.74, 6) is -0.881. The molecule has 0 rings (SSSR count). The Balaban J connectivity index is 4.38. The van der Waals surface area contributed by atoms with E-state index in [0.29, 0.717) is 19.3 Å². The highest BCUT2D eigenvalue weighted by atomic mass is 16.6. The molecule has 0 fully saturated rings. The molecule has 1 unspecified atom stereocenters. The van der Waals surface area contributed by atoms with E-state index in [1.54, 1.807) is 0 Å². The molecule has 6 heteroatoms. The molecule has 0 saturated heterocycles. The van der Waals surface area contributed by atoms with Gasteiger partial charge in [-0.15, -0.1) is 0 Å². The number of ether oxygens (including phenoxy) is 3. The quantitative estimate of drug-likeness (QED) is 0.0261. The molecule has 0 saturated carbocycles. The second-order valence-electron chi connectivity index (χ2n) is 20.9. The number of carbonyl (C=O) groups is 3. The number of unbranched alkanes of at least 4 members (excludes halogenated alkanes) is 36. The molecule has 0 N–H and O–H groups in total. The van der Waals surface area contributed by atoms with Gasteiger partial charge in [0.1, 0.15) is 13.2 Å². The zero-order valence-corrected chi connectivity index (χ0v) is 47.9. The predicted octanol–water partition coefficient (Wildman–Crippen LogP) is 21.2. The van der Waals surface area contributed by atoms with Crippen LogP contribution in [0.2, 0.25) is 0 Å². The van der Waals surface area contributed by atoms with Crippen LogP contribution >= 0.6 is 0 Å². The number of hydrogen-bond acceptors (Lipinski definition) is 6. The molecule has 0 amide bonds. The van der Waals surface area contributed by atoms with E-state index >= 15 is 0 Å². The smallest absolute Gasteiger partial charge is 0.306 e. The first-order chi connectivity index (χ1) is 35.5. The molecule has 0 aromatic heterocycles. The van der Waals surface area contributed by atoms with Crippen LogP contribution in [0.15, 0.2) is 60.8 Å². The lowest BCUT2D eigenvalue weighted by Crippen LogP contribution is -2.30. The first-order valence-corrected chi connectivity index (χ1v) is 31.3. The molecule has 6 nitrogen and oxygen atoms in total. The van der Waals surface area contributed by atoms with Crippen LogP contribution in [0.4, 0.5) is 0 Å². The SMILES string of the molecule is CC/C=C\C/C=C\C/C=C\CCCCCCCCCCCC(=O)OCC(COC(=O)CCCCCCCCC/C=C\CCCCCCCC)OC(=O)CCCCCCC/C=C\CCCCCCCCCCC. The lowest BCUT2D eigenvalue weighted by atomic mass is 10.1. The Morgan fingerprint density at radius 3 is 0.861 bits per heavy atom. The fourth-order valence-electron chi connectivity index (χ4n) is 9.04. The molecule has 0 aromatic carbocycles. The maximum Gasteiger partial charge on any atom is 0.306 e.